The Morgan fingerprint density at radius 3 is 2.65 bits per heavy atom. The minimum Gasteiger partial charge on any atom is -0.481 e. The van der Waals surface area contributed by atoms with Crippen LogP contribution < -0.4 is 11.1 Å². The van der Waals surface area contributed by atoms with Gasteiger partial charge in [-0.1, -0.05) is 13.3 Å². The topological polar surface area (TPSA) is 92.4 Å². The van der Waals surface area contributed by atoms with Gasteiger partial charge in [0.2, 0.25) is 5.91 Å². The first-order valence-electron chi connectivity index (χ1n) is 6.28. The van der Waals surface area contributed by atoms with Crippen molar-refractivity contribution in [2.75, 3.05) is 6.54 Å². The smallest absolute Gasteiger partial charge is 0.303 e. The van der Waals surface area contributed by atoms with Crippen LogP contribution in [0.15, 0.2) is 0 Å². The van der Waals surface area contributed by atoms with Crippen molar-refractivity contribution in [3.05, 3.63) is 0 Å². The first-order valence-corrected chi connectivity index (χ1v) is 6.28. The predicted molar refractivity (Wildman–Crippen MR) is 64.4 cm³/mol. The van der Waals surface area contributed by atoms with E-state index in [0.29, 0.717) is 6.54 Å². The summed E-state index contributed by atoms with van der Waals surface area (Å²) in [5.41, 5.74) is 5.75. The van der Waals surface area contributed by atoms with Crippen molar-refractivity contribution in [3.63, 3.8) is 0 Å². The van der Waals surface area contributed by atoms with Gasteiger partial charge in [-0.25, -0.2) is 0 Å². The molecule has 3 unspecified atom stereocenters. The maximum absolute atomic E-state index is 11.8. The largest absolute Gasteiger partial charge is 0.481 e. The average Bonchev–Trinajstić information content (AvgIpc) is 2.70. The number of carboxylic acids is 1. The summed E-state index contributed by atoms with van der Waals surface area (Å²) in [4.78, 5) is 22.4. The minimum atomic E-state index is -0.811. The zero-order chi connectivity index (χ0) is 12.8. The monoisotopic (exact) mass is 242 g/mol. The molecule has 0 radical (unpaired) electrons. The third-order valence-electron chi connectivity index (χ3n) is 3.45. The average molecular weight is 242 g/mol. The number of hydrogen-bond acceptors (Lipinski definition) is 3. The third-order valence-corrected chi connectivity index (χ3v) is 3.45. The molecule has 0 spiro atoms. The first kappa shape index (κ1) is 14.0. The number of carbonyl (C=O) groups excluding carboxylic acids is 1. The van der Waals surface area contributed by atoms with E-state index in [1.165, 1.54) is 0 Å². The number of hydrogen-bond donors (Lipinski definition) is 3. The molecule has 1 aliphatic rings. The second-order valence-corrected chi connectivity index (χ2v) is 4.89. The van der Waals surface area contributed by atoms with Gasteiger partial charge in [0.25, 0.3) is 0 Å². The van der Waals surface area contributed by atoms with Crippen LogP contribution in [0.5, 0.6) is 0 Å². The molecule has 5 nitrogen and oxygen atoms in total. The fraction of sp³-hybridized carbons (Fsp3) is 0.833. The Labute approximate surface area is 102 Å². The van der Waals surface area contributed by atoms with E-state index in [9.17, 15) is 9.59 Å². The van der Waals surface area contributed by atoms with Gasteiger partial charge < -0.3 is 16.2 Å². The Bertz CT molecular complexity index is 281. The summed E-state index contributed by atoms with van der Waals surface area (Å²) in [5, 5.41) is 11.5. The molecule has 0 bridgehead atoms. The molecular weight excluding hydrogens is 220 g/mol. The first-order chi connectivity index (χ1) is 8.02. The molecule has 98 valence electrons. The maximum atomic E-state index is 11.8. The summed E-state index contributed by atoms with van der Waals surface area (Å²) < 4.78 is 0. The lowest BCUT2D eigenvalue weighted by Gasteiger charge is -2.16. The molecule has 0 aromatic heterocycles. The lowest BCUT2D eigenvalue weighted by Crippen LogP contribution is -2.34. The Kier molecular flexibility index (Phi) is 5.41. The Morgan fingerprint density at radius 1 is 1.47 bits per heavy atom. The number of nitrogens with one attached hydrogen (secondary N) is 1. The van der Waals surface area contributed by atoms with E-state index in [2.05, 4.69) is 5.32 Å². The summed E-state index contributed by atoms with van der Waals surface area (Å²) >= 11 is 0. The van der Waals surface area contributed by atoms with Crippen LogP contribution in [0.1, 0.15) is 39.0 Å². The van der Waals surface area contributed by atoms with E-state index >= 15 is 0 Å². The Hall–Kier alpha value is -1.10. The van der Waals surface area contributed by atoms with Crippen LogP contribution in [0.2, 0.25) is 0 Å². The van der Waals surface area contributed by atoms with E-state index in [-0.39, 0.29) is 30.2 Å². The fourth-order valence-corrected chi connectivity index (χ4v) is 2.25. The van der Waals surface area contributed by atoms with Gasteiger partial charge in [0, 0.05) is 24.9 Å². The number of carbonyl (C=O) groups is 2. The standard InChI is InChI=1S/C12H22N2O3/c1-2-8(5-11(15)16)7-14-12(17)9-3-4-10(13)6-9/h8-10H,2-7,13H2,1H3,(H,14,17)(H,15,16). The molecule has 1 rings (SSSR count). The van der Waals surface area contributed by atoms with Gasteiger partial charge in [0.15, 0.2) is 0 Å². The highest BCUT2D eigenvalue weighted by molar-refractivity contribution is 5.79. The summed E-state index contributed by atoms with van der Waals surface area (Å²) in [6, 6.07) is 0.145. The molecule has 17 heavy (non-hydrogen) atoms. The molecule has 0 aromatic carbocycles. The van der Waals surface area contributed by atoms with Gasteiger partial charge in [0.1, 0.15) is 0 Å². The van der Waals surface area contributed by atoms with Crippen molar-refractivity contribution in [1.82, 2.24) is 5.32 Å². The highest BCUT2D eigenvalue weighted by Crippen LogP contribution is 2.24. The van der Waals surface area contributed by atoms with Crippen LogP contribution in [0.4, 0.5) is 0 Å². The van der Waals surface area contributed by atoms with Crippen molar-refractivity contribution in [3.8, 4) is 0 Å². The minimum absolute atomic E-state index is 0.0199. The highest BCUT2D eigenvalue weighted by atomic mass is 16.4. The van der Waals surface area contributed by atoms with Crippen molar-refractivity contribution in [2.24, 2.45) is 17.6 Å². The van der Waals surface area contributed by atoms with Gasteiger partial charge in [-0.3, -0.25) is 9.59 Å². The summed E-state index contributed by atoms with van der Waals surface area (Å²) in [6.07, 6.45) is 3.38. The zero-order valence-corrected chi connectivity index (χ0v) is 10.3. The van der Waals surface area contributed by atoms with Crippen LogP contribution in [-0.2, 0) is 9.59 Å². The fourth-order valence-electron chi connectivity index (χ4n) is 2.25. The second-order valence-electron chi connectivity index (χ2n) is 4.89. The SMILES string of the molecule is CCC(CNC(=O)C1CCC(N)C1)CC(=O)O. The molecule has 1 aliphatic carbocycles. The molecule has 0 saturated heterocycles. The van der Waals surface area contributed by atoms with Crippen molar-refractivity contribution in [1.29, 1.82) is 0 Å². The molecule has 0 aromatic rings. The summed E-state index contributed by atoms with van der Waals surface area (Å²) in [5.74, 6) is -0.741. The predicted octanol–water partition coefficient (Wildman–Crippen LogP) is 0.731. The number of aliphatic carboxylic acids is 1. The van der Waals surface area contributed by atoms with Crippen LogP contribution in [-0.4, -0.2) is 29.6 Å². The Morgan fingerprint density at radius 2 is 2.18 bits per heavy atom. The normalized spacial score (nSPS) is 25.5. The third kappa shape index (κ3) is 4.73. The zero-order valence-electron chi connectivity index (χ0n) is 10.3. The van der Waals surface area contributed by atoms with Gasteiger partial charge in [-0.15, -0.1) is 0 Å². The van der Waals surface area contributed by atoms with Crippen molar-refractivity contribution < 1.29 is 14.7 Å². The van der Waals surface area contributed by atoms with E-state index in [4.69, 9.17) is 10.8 Å². The Balaban J connectivity index is 2.28. The van der Waals surface area contributed by atoms with E-state index < -0.39 is 5.97 Å². The molecular formula is C12H22N2O3. The number of nitrogens with two attached hydrogens (primary N) is 1. The number of rotatable bonds is 6. The second kappa shape index (κ2) is 6.59. The van der Waals surface area contributed by atoms with Gasteiger partial charge in [-0.2, -0.15) is 0 Å². The van der Waals surface area contributed by atoms with Crippen LogP contribution in [0.25, 0.3) is 0 Å². The van der Waals surface area contributed by atoms with Gasteiger partial charge in [0.05, 0.1) is 0 Å². The van der Waals surface area contributed by atoms with E-state index in [1.807, 2.05) is 6.92 Å². The summed E-state index contributed by atoms with van der Waals surface area (Å²) in [6.45, 7) is 2.39. The highest BCUT2D eigenvalue weighted by Gasteiger charge is 2.27. The molecule has 4 N–H and O–H groups in total. The molecule has 5 heteroatoms. The van der Waals surface area contributed by atoms with Gasteiger partial charge in [-0.05, 0) is 25.2 Å². The molecule has 0 heterocycles. The van der Waals surface area contributed by atoms with Crippen molar-refractivity contribution in [2.45, 2.75) is 45.1 Å². The molecule has 3 atom stereocenters. The maximum Gasteiger partial charge on any atom is 0.303 e. The van der Waals surface area contributed by atoms with Crippen LogP contribution in [0, 0.1) is 11.8 Å². The lowest BCUT2D eigenvalue weighted by molar-refractivity contribution is -0.138. The molecule has 1 fully saturated rings. The molecule has 0 aliphatic heterocycles. The summed E-state index contributed by atoms with van der Waals surface area (Å²) in [7, 11) is 0. The lowest BCUT2D eigenvalue weighted by atomic mass is 10.0. The van der Waals surface area contributed by atoms with Gasteiger partial charge >= 0.3 is 5.97 Å². The quantitative estimate of drug-likeness (QED) is 0.640. The van der Waals surface area contributed by atoms with E-state index in [1.54, 1.807) is 0 Å². The van der Waals surface area contributed by atoms with Crippen LogP contribution in [0.3, 0.4) is 0 Å². The molecule has 1 saturated carbocycles. The van der Waals surface area contributed by atoms with Crippen molar-refractivity contribution >= 4 is 11.9 Å². The van der Waals surface area contributed by atoms with E-state index in [0.717, 1.165) is 25.7 Å². The molecule has 1 amide bonds. The number of carboxylic acid groups (broad SMARTS) is 1. The van der Waals surface area contributed by atoms with Crippen LogP contribution >= 0.6 is 0 Å². The number of amides is 1.